The molecule has 0 spiro atoms. The van der Waals surface area contributed by atoms with E-state index >= 15 is 0 Å². The predicted octanol–water partition coefficient (Wildman–Crippen LogP) is 6.99. The maximum atomic E-state index is 12.2. The number of methoxy groups -OCH3 is 2. The first-order valence-electron chi connectivity index (χ1n) is 13.1. The summed E-state index contributed by atoms with van der Waals surface area (Å²) < 4.78 is 17.1. The lowest BCUT2D eigenvalue weighted by molar-refractivity contribution is -0.116. The first-order chi connectivity index (χ1) is 17.2. The zero-order valence-electron chi connectivity index (χ0n) is 21.8. The predicted molar refractivity (Wildman–Crippen MR) is 144 cm³/mol. The van der Waals surface area contributed by atoms with E-state index in [-0.39, 0.29) is 5.91 Å². The second kappa shape index (κ2) is 17.5. The molecule has 1 amide bonds. The Morgan fingerprint density at radius 3 is 2.11 bits per heavy atom. The summed E-state index contributed by atoms with van der Waals surface area (Å²) in [6.45, 7) is 3.51. The lowest BCUT2D eigenvalue weighted by Gasteiger charge is -2.15. The van der Waals surface area contributed by atoms with Crippen molar-refractivity contribution in [1.82, 2.24) is 5.32 Å². The number of ether oxygens (including phenoxy) is 3. The summed E-state index contributed by atoms with van der Waals surface area (Å²) in [6.07, 6.45) is 15.2. The highest BCUT2D eigenvalue weighted by Gasteiger charge is 2.13. The van der Waals surface area contributed by atoms with E-state index in [9.17, 15) is 4.79 Å². The molecule has 0 atom stereocenters. The molecule has 0 aliphatic rings. The number of carbonyl (C=O) groups is 1. The van der Waals surface area contributed by atoms with Crippen molar-refractivity contribution < 1.29 is 19.0 Å². The smallest absolute Gasteiger partial charge is 0.243 e. The zero-order chi connectivity index (χ0) is 25.1. The number of unbranched alkanes of at least 4 members (excludes halogenated alkanes) is 7. The number of benzene rings is 2. The Morgan fingerprint density at radius 2 is 1.49 bits per heavy atom. The third-order valence-electron chi connectivity index (χ3n) is 5.94. The van der Waals surface area contributed by atoms with Crippen molar-refractivity contribution in [2.75, 3.05) is 27.4 Å². The van der Waals surface area contributed by atoms with Gasteiger partial charge in [-0.2, -0.15) is 0 Å². The summed E-state index contributed by atoms with van der Waals surface area (Å²) in [4.78, 5) is 12.2. The molecule has 5 nitrogen and oxygen atoms in total. The van der Waals surface area contributed by atoms with Crippen molar-refractivity contribution in [2.45, 2.75) is 71.1 Å². The van der Waals surface area contributed by atoms with Crippen molar-refractivity contribution in [1.29, 1.82) is 0 Å². The molecule has 0 saturated carbocycles. The van der Waals surface area contributed by atoms with Crippen LogP contribution in [0, 0.1) is 0 Å². The number of hydrogen-bond donors (Lipinski definition) is 1. The molecule has 2 aromatic rings. The average Bonchev–Trinajstić information content (AvgIpc) is 2.89. The van der Waals surface area contributed by atoms with Gasteiger partial charge in [0, 0.05) is 12.6 Å². The first-order valence-corrected chi connectivity index (χ1v) is 13.1. The van der Waals surface area contributed by atoms with Crippen LogP contribution in [0.5, 0.6) is 17.2 Å². The van der Waals surface area contributed by atoms with Crippen LogP contribution in [0.15, 0.2) is 48.5 Å². The SMILES string of the molecule is CCCCCCCCCCOc1c(OC)cc(C=CC(=O)NCCCc2ccccc2)cc1OC. The van der Waals surface area contributed by atoms with E-state index in [1.165, 1.54) is 50.2 Å². The number of carbonyl (C=O) groups excluding carboxylic acids is 1. The maximum Gasteiger partial charge on any atom is 0.243 e. The van der Waals surface area contributed by atoms with Gasteiger partial charge in [-0.1, -0.05) is 82.2 Å². The van der Waals surface area contributed by atoms with Gasteiger partial charge in [0.15, 0.2) is 11.5 Å². The summed E-state index contributed by atoms with van der Waals surface area (Å²) in [7, 11) is 3.23. The van der Waals surface area contributed by atoms with Crippen LogP contribution < -0.4 is 19.5 Å². The van der Waals surface area contributed by atoms with Crippen LogP contribution >= 0.6 is 0 Å². The van der Waals surface area contributed by atoms with Crippen molar-refractivity contribution in [3.05, 3.63) is 59.7 Å². The first kappa shape index (κ1) is 28.3. The van der Waals surface area contributed by atoms with Gasteiger partial charge in [-0.05, 0) is 48.6 Å². The fourth-order valence-corrected chi connectivity index (χ4v) is 3.93. The second-order valence-corrected chi connectivity index (χ2v) is 8.79. The second-order valence-electron chi connectivity index (χ2n) is 8.79. The highest BCUT2D eigenvalue weighted by atomic mass is 16.5. The zero-order valence-corrected chi connectivity index (χ0v) is 21.8. The van der Waals surface area contributed by atoms with Crippen LogP contribution in [0.1, 0.15) is 75.8 Å². The number of nitrogens with one attached hydrogen (secondary N) is 1. The molecule has 0 aliphatic heterocycles. The topological polar surface area (TPSA) is 56.8 Å². The molecule has 0 saturated heterocycles. The van der Waals surface area contributed by atoms with Crippen molar-refractivity contribution >= 4 is 12.0 Å². The van der Waals surface area contributed by atoms with Gasteiger partial charge in [0.2, 0.25) is 11.7 Å². The molecular formula is C30H43NO4. The Hall–Kier alpha value is -2.95. The standard InChI is InChI=1S/C30H43NO4/c1-4-5-6-7-8-9-10-14-22-35-30-27(33-2)23-26(24-28(30)34-3)19-20-29(32)31-21-15-18-25-16-12-11-13-17-25/h11-13,16-17,19-20,23-24H,4-10,14-15,18,21-22H2,1-3H3,(H,31,32). The number of aryl methyl sites for hydroxylation is 1. The fourth-order valence-electron chi connectivity index (χ4n) is 3.93. The molecule has 0 fully saturated rings. The molecule has 0 radical (unpaired) electrons. The molecule has 192 valence electrons. The van der Waals surface area contributed by atoms with Gasteiger partial charge < -0.3 is 19.5 Å². The molecule has 0 heterocycles. The van der Waals surface area contributed by atoms with Crippen LogP contribution in [0.3, 0.4) is 0 Å². The molecule has 2 rings (SSSR count). The van der Waals surface area contributed by atoms with E-state index in [0.29, 0.717) is 30.4 Å². The van der Waals surface area contributed by atoms with E-state index in [4.69, 9.17) is 14.2 Å². The third kappa shape index (κ3) is 11.3. The van der Waals surface area contributed by atoms with E-state index < -0.39 is 0 Å². The van der Waals surface area contributed by atoms with Gasteiger partial charge in [0.1, 0.15) is 0 Å². The Labute approximate surface area is 211 Å². The minimum absolute atomic E-state index is 0.119. The Kier molecular flexibility index (Phi) is 14.1. The lowest BCUT2D eigenvalue weighted by atomic mass is 10.1. The van der Waals surface area contributed by atoms with E-state index in [1.54, 1.807) is 20.3 Å². The monoisotopic (exact) mass is 481 g/mol. The minimum Gasteiger partial charge on any atom is -0.493 e. The van der Waals surface area contributed by atoms with Gasteiger partial charge in [0.05, 0.1) is 20.8 Å². The minimum atomic E-state index is -0.119. The van der Waals surface area contributed by atoms with Crippen LogP contribution in [-0.2, 0) is 11.2 Å². The van der Waals surface area contributed by atoms with Gasteiger partial charge in [-0.3, -0.25) is 4.79 Å². The van der Waals surface area contributed by atoms with Crippen molar-refractivity contribution in [3.63, 3.8) is 0 Å². The van der Waals surface area contributed by atoms with Gasteiger partial charge in [0.25, 0.3) is 0 Å². The average molecular weight is 482 g/mol. The van der Waals surface area contributed by atoms with E-state index in [1.807, 2.05) is 30.3 Å². The number of hydrogen-bond acceptors (Lipinski definition) is 4. The summed E-state index contributed by atoms with van der Waals surface area (Å²) in [6, 6.07) is 14.0. The van der Waals surface area contributed by atoms with Gasteiger partial charge in [-0.15, -0.1) is 0 Å². The molecule has 5 heteroatoms. The number of rotatable bonds is 18. The normalized spacial score (nSPS) is 10.9. The van der Waals surface area contributed by atoms with Crippen molar-refractivity contribution in [3.8, 4) is 17.2 Å². The largest absolute Gasteiger partial charge is 0.493 e. The van der Waals surface area contributed by atoms with E-state index in [2.05, 4.69) is 24.4 Å². The molecule has 0 unspecified atom stereocenters. The highest BCUT2D eigenvalue weighted by molar-refractivity contribution is 5.91. The molecule has 2 aromatic carbocycles. The molecule has 0 aliphatic carbocycles. The molecule has 0 aromatic heterocycles. The van der Waals surface area contributed by atoms with Crippen molar-refractivity contribution in [2.24, 2.45) is 0 Å². The maximum absolute atomic E-state index is 12.2. The highest BCUT2D eigenvalue weighted by Crippen LogP contribution is 2.39. The Bertz CT molecular complexity index is 854. The summed E-state index contributed by atoms with van der Waals surface area (Å²) in [5.41, 5.74) is 2.10. The number of amides is 1. The molecule has 0 bridgehead atoms. The summed E-state index contributed by atoms with van der Waals surface area (Å²) >= 11 is 0. The van der Waals surface area contributed by atoms with Gasteiger partial charge >= 0.3 is 0 Å². The van der Waals surface area contributed by atoms with Crippen LogP contribution in [0.25, 0.3) is 6.08 Å². The molecule has 35 heavy (non-hydrogen) atoms. The Morgan fingerprint density at radius 1 is 0.857 bits per heavy atom. The van der Waals surface area contributed by atoms with Crippen LogP contribution in [0.4, 0.5) is 0 Å². The van der Waals surface area contributed by atoms with Gasteiger partial charge in [-0.25, -0.2) is 0 Å². The molecule has 1 N–H and O–H groups in total. The molecular weight excluding hydrogens is 438 g/mol. The van der Waals surface area contributed by atoms with Crippen LogP contribution in [0.2, 0.25) is 0 Å². The third-order valence-corrected chi connectivity index (χ3v) is 5.94. The summed E-state index contributed by atoms with van der Waals surface area (Å²) in [5, 5.41) is 2.94. The van der Waals surface area contributed by atoms with Crippen LogP contribution in [-0.4, -0.2) is 33.3 Å². The quantitative estimate of drug-likeness (QED) is 0.184. The lowest BCUT2D eigenvalue weighted by Crippen LogP contribution is -2.22. The fraction of sp³-hybridized carbons (Fsp3) is 0.500. The Balaban J connectivity index is 1.79. The summed E-state index contributed by atoms with van der Waals surface area (Å²) in [5.74, 6) is 1.70. The van der Waals surface area contributed by atoms with E-state index in [0.717, 1.165) is 31.2 Å².